The lowest BCUT2D eigenvalue weighted by atomic mass is 9.64. The lowest BCUT2D eigenvalue weighted by molar-refractivity contribution is 0.0935. The number of aliphatic hydroxyl groups is 1. The number of benzene rings is 1. The molecule has 3 rings (SSSR count). The molecule has 3 heteroatoms. The topological polar surface area (TPSA) is 29.5 Å². The Morgan fingerprint density at radius 1 is 1.20 bits per heavy atom. The van der Waals surface area contributed by atoms with Gasteiger partial charge in [-0.2, -0.15) is 0 Å². The zero-order chi connectivity index (χ0) is 18.6. The van der Waals surface area contributed by atoms with Crippen LogP contribution in [0.25, 0.3) is 5.57 Å². The lowest BCUT2D eigenvalue weighted by Gasteiger charge is -2.46. The minimum absolute atomic E-state index is 0.127. The van der Waals surface area contributed by atoms with Crippen molar-refractivity contribution in [2.24, 2.45) is 17.3 Å². The predicted molar refractivity (Wildman–Crippen MR) is 108 cm³/mol. The highest BCUT2D eigenvalue weighted by molar-refractivity contribution is 6.84. The van der Waals surface area contributed by atoms with Crippen molar-refractivity contribution in [2.75, 3.05) is 7.11 Å². The molecule has 0 amide bonds. The van der Waals surface area contributed by atoms with Crippen LogP contribution in [0.4, 0.5) is 0 Å². The molecule has 2 nitrogen and oxygen atoms in total. The summed E-state index contributed by atoms with van der Waals surface area (Å²) in [6, 6.07) is 8.41. The summed E-state index contributed by atoms with van der Waals surface area (Å²) in [7, 11) is 0.184. The zero-order valence-corrected chi connectivity index (χ0v) is 17.5. The Hall–Kier alpha value is -1.32. The largest absolute Gasteiger partial charge is 0.497 e. The molecule has 0 aliphatic heterocycles. The third-order valence-electron chi connectivity index (χ3n) is 6.78. The van der Waals surface area contributed by atoms with Crippen LogP contribution in [0.1, 0.15) is 32.3 Å². The van der Waals surface area contributed by atoms with E-state index in [9.17, 15) is 5.11 Å². The first kappa shape index (κ1) is 18.5. The van der Waals surface area contributed by atoms with Gasteiger partial charge in [0.2, 0.25) is 0 Å². The minimum atomic E-state index is -1.52. The van der Waals surface area contributed by atoms with E-state index in [2.05, 4.69) is 52.2 Å². The van der Waals surface area contributed by atoms with Crippen LogP contribution in [0.3, 0.4) is 0 Å². The molecule has 2 unspecified atom stereocenters. The Kier molecular flexibility index (Phi) is 4.53. The van der Waals surface area contributed by atoms with Gasteiger partial charge < -0.3 is 9.84 Å². The Morgan fingerprint density at radius 2 is 1.80 bits per heavy atom. The Morgan fingerprint density at radius 3 is 2.32 bits per heavy atom. The normalized spacial score (nSPS) is 32.8. The summed E-state index contributed by atoms with van der Waals surface area (Å²) < 4.78 is 5.33. The summed E-state index contributed by atoms with van der Waals surface area (Å²) in [6.07, 6.45) is 1.71. The molecular weight excluding hydrogens is 324 g/mol. The molecular formula is C22H32O2Si. The van der Waals surface area contributed by atoms with E-state index >= 15 is 0 Å². The SMILES string of the molecule is C=C1C(c2ccc(OC)cc2)=C([Si](C)(C)C)C[C@@]2(C)C1C[C@@H](O)C2C. The average molecular weight is 357 g/mol. The number of aliphatic hydroxyl groups excluding tert-OH is 1. The third-order valence-corrected chi connectivity index (χ3v) is 9.01. The summed E-state index contributed by atoms with van der Waals surface area (Å²) in [5, 5.41) is 12.2. The fourth-order valence-corrected chi connectivity index (χ4v) is 6.86. The molecule has 136 valence electrons. The molecule has 0 spiro atoms. The Bertz CT molecular complexity index is 711. The van der Waals surface area contributed by atoms with Gasteiger partial charge in [-0.05, 0) is 58.9 Å². The average Bonchev–Trinajstić information content (AvgIpc) is 2.78. The molecule has 0 saturated heterocycles. The van der Waals surface area contributed by atoms with Crippen molar-refractivity contribution >= 4 is 13.6 Å². The van der Waals surface area contributed by atoms with Gasteiger partial charge in [0.15, 0.2) is 0 Å². The number of methoxy groups -OCH3 is 1. The molecule has 1 saturated carbocycles. The number of ether oxygens (including phenoxy) is 1. The summed E-state index contributed by atoms with van der Waals surface area (Å²) in [5.41, 5.74) is 3.98. The van der Waals surface area contributed by atoms with Gasteiger partial charge in [0.1, 0.15) is 5.75 Å². The summed E-state index contributed by atoms with van der Waals surface area (Å²) in [5.74, 6) is 1.57. The van der Waals surface area contributed by atoms with Crippen molar-refractivity contribution in [1.29, 1.82) is 0 Å². The van der Waals surface area contributed by atoms with Crippen LogP contribution in [0.15, 0.2) is 41.6 Å². The number of hydrogen-bond donors (Lipinski definition) is 1. The van der Waals surface area contributed by atoms with Gasteiger partial charge in [0.25, 0.3) is 0 Å². The number of allylic oxidation sites excluding steroid dienone is 3. The van der Waals surface area contributed by atoms with Crippen LogP contribution in [0.5, 0.6) is 5.75 Å². The van der Waals surface area contributed by atoms with E-state index < -0.39 is 8.07 Å². The molecule has 1 N–H and O–H groups in total. The van der Waals surface area contributed by atoms with E-state index in [4.69, 9.17) is 4.74 Å². The number of rotatable bonds is 3. The van der Waals surface area contributed by atoms with Crippen molar-refractivity contribution in [2.45, 2.75) is 52.4 Å². The van der Waals surface area contributed by atoms with E-state index in [0.29, 0.717) is 11.8 Å². The quantitative estimate of drug-likeness (QED) is 0.744. The van der Waals surface area contributed by atoms with Gasteiger partial charge in [0.05, 0.1) is 21.3 Å². The fraction of sp³-hybridized carbons (Fsp3) is 0.545. The van der Waals surface area contributed by atoms with Crippen LogP contribution in [-0.4, -0.2) is 26.4 Å². The van der Waals surface area contributed by atoms with Crippen molar-refractivity contribution in [1.82, 2.24) is 0 Å². The van der Waals surface area contributed by atoms with Crippen molar-refractivity contribution < 1.29 is 9.84 Å². The van der Waals surface area contributed by atoms with Gasteiger partial charge in [0, 0.05) is 0 Å². The van der Waals surface area contributed by atoms with Crippen molar-refractivity contribution in [3.63, 3.8) is 0 Å². The first-order valence-electron chi connectivity index (χ1n) is 9.35. The second-order valence-corrected chi connectivity index (χ2v) is 14.3. The van der Waals surface area contributed by atoms with Crippen LogP contribution in [0, 0.1) is 17.3 Å². The summed E-state index contributed by atoms with van der Waals surface area (Å²) in [6.45, 7) is 16.4. The van der Waals surface area contributed by atoms with E-state index in [-0.39, 0.29) is 11.5 Å². The maximum absolute atomic E-state index is 10.6. The molecule has 0 radical (unpaired) electrons. The minimum Gasteiger partial charge on any atom is -0.497 e. The van der Waals surface area contributed by atoms with Crippen molar-refractivity contribution in [3.8, 4) is 5.75 Å². The van der Waals surface area contributed by atoms with Gasteiger partial charge in [-0.25, -0.2) is 0 Å². The Balaban J connectivity index is 2.16. The van der Waals surface area contributed by atoms with Crippen LogP contribution >= 0.6 is 0 Å². The van der Waals surface area contributed by atoms with Crippen molar-refractivity contribution in [3.05, 3.63) is 47.2 Å². The highest BCUT2D eigenvalue weighted by Gasteiger charge is 2.54. The van der Waals surface area contributed by atoms with E-state index in [1.54, 1.807) is 12.3 Å². The maximum Gasteiger partial charge on any atom is 0.118 e. The lowest BCUT2D eigenvalue weighted by Crippen LogP contribution is -2.40. The van der Waals surface area contributed by atoms with Crippen LogP contribution < -0.4 is 4.74 Å². The van der Waals surface area contributed by atoms with Crippen LogP contribution in [-0.2, 0) is 0 Å². The first-order valence-corrected chi connectivity index (χ1v) is 12.8. The van der Waals surface area contributed by atoms with Gasteiger partial charge >= 0.3 is 0 Å². The number of fused-ring (bicyclic) bond motifs is 1. The maximum atomic E-state index is 10.6. The number of hydrogen-bond acceptors (Lipinski definition) is 2. The van der Waals surface area contributed by atoms with E-state index in [1.165, 1.54) is 16.7 Å². The highest BCUT2D eigenvalue weighted by Crippen LogP contribution is 2.60. The highest BCUT2D eigenvalue weighted by atomic mass is 28.3. The molecule has 2 aliphatic carbocycles. The van der Waals surface area contributed by atoms with E-state index in [0.717, 1.165) is 18.6 Å². The molecule has 4 atom stereocenters. The zero-order valence-electron chi connectivity index (χ0n) is 16.5. The summed E-state index contributed by atoms with van der Waals surface area (Å²) in [4.78, 5) is 0. The summed E-state index contributed by atoms with van der Waals surface area (Å²) >= 11 is 0. The van der Waals surface area contributed by atoms with Gasteiger partial charge in [-0.15, -0.1) is 0 Å². The molecule has 0 heterocycles. The molecule has 2 aliphatic rings. The second kappa shape index (κ2) is 6.13. The van der Waals surface area contributed by atoms with Gasteiger partial charge in [-0.1, -0.05) is 57.4 Å². The standard InChI is InChI=1S/C22H32O2Si/c1-14-18-12-19(23)15(2)22(18,3)13-20(25(5,6)7)21(14)16-8-10-17(24-4)11-9-16/h8-11,15,18-19,23H,1,12-13H2,2-7H3/t15?,18?,19-,22-/m1/s1. The third kappa shape index (κ3) is 2.91. The second-order valence-electron chi connectivity index (χ2n) is 9.18. The van der Waals surface area contributed by atoms with E-state index in [1.807, 2.05) is 12.1 Å². The van der Waals surface area contributed by atoms with Gasteiger partial charge in [-0.3, -0.25) is 0 Å². The predicted octanol–water partition coefficient (Wildman–Crippen LogP) is 5.31. The fourth-order valence-electron chi connectivity index (χ4n) is 4.89. The molecule has 1 fully saturated rings. The molecule has 1 aromatic carbocycles. The molecule has 0 aromatic heterocycles. The smallest absolute Gasteiger partial charge is 0.118 e. The molecule has 1 aromatic rings. The Labute approximate surface area is 153 Å². The molecule has 25 heavy (non-hydrogen) atoms. The molecule has 0 bridgehead atoms. The monoisotopic (exact) mass is 356 g/mol. The van der Waals surface area contributed by atoms with Crippen LogP contribution in [0.2, 0.25) is 19.6 Å². The first-order chi connectivity index (χ1) is 11.6.